The fourth-order valence-electron chi connectivity index (χ4n) is 7.62. The van der Waals surface area contributed by atoms with E-state index in [-0.39, 0.29) is 38.1 Å². The Bertz CT molecular complexity index is 2130. The van der Waals surface area contributed by atoms with Crippen LogP contribution in [0.4, 0.5) is 22.4 Å². The van der Waals surface area contributed by atoms with Crippen LogP contribution in [0.15, 0.2) is 36.5 Å². The zero-order valence-corrected chi connectivity index (χ0v) is 35.1. The smallest absolute Gasteiger partial charge is 0.427 e. The van der Waals surface area contributed by atoms with Crippen LogP contribution in [0, 0.1) is 11.8 Å². The molecule has 4 aliphatic rings. The number of alkyl carbamates (subject to hydrolysis) is 1. The summed E-state index contributed by atoms with van der Waals surface area (Å²) in [5.74, 6) is -3.23. The van der Waals surface area contributed by atoms with Gasteiger partial charge in [-0.05, 0) is 76.0 Å². The number of pyridine rings is 1. The third kappa shape index (κ3) is 9.00. The van der Waals surface area contributed by atoms with Crippen molar-refractivity contribution in [2.75, 3.05) is 19.8 Å². The molecular formula is C41H53F4N5O9S. The van der Waals surface area contributed by atoms with Crippen LogP contribution in [0.3, 0.4) is 0 Å². The van der Waals surface area contributed by atoms with Gasteiger partial charge in [0.15, 0.2) is 0 Å². The van der Waals surface area contributed by atoms with Gasteiger partial charge in [-0.25, -0.2) is 22.6 Å². The van der Waals surface area contributed by atoms with Gasteiger partial charge >= 0.3 is 12.3 Å². The summed E-state index contributed by atoms with van der Waals surface area (Å²) in [6, 6.07) is 2.68. The lowest BCUT2D eigenvalue weighted by molar-refractivity contribution is -0.244. The second-order valence-electron chi connectivity index (χ2n) is 17.1. The van der Waals surface area contributed by atoms with E-state index in [1.54, 1.807) is 26.0 Å². The zero-order valence-electron chi connectivity index (χ0n) is 34.3. The lowest BCUT2D eigenvalue weighted by Crippen LogP contribution is -2.59. The van der Waals surface area contributed by atoms with E-state index < -0.39 is 92.6 Å². The number of amides is 4. The Morgan fingerprint density at radius 2 is 1.85 bits per heavy atom. The maximum atomic E-state index is 14.5. The topological polar surface area (TPSA) is 182 Å². The van der Waals surface area contributed by atoms with E-state index in [4.69, 9.17) is 14.2 Å². The van der Waals surface area contributed by atoms with E-state index in [2.05, 4.69) is 15.6 Å². The number of fused-ring (bicyclic) bond motifs is 3. The number of sulfonamides is 1. The molecule has 2 aliphatic carbocycles. The average molecular weight is 868 g/mol. The van der Waals surface area contributed by atoms with Crippen LogP contribution in [0.1, 0.15) is 91.5 Å². The number of halogens is 4. The van der Waals surface area contributed by atoms with Crippen molar-refractivity contribution in [3.8, 4) is 11.6 Å². The molecule has 60 heavy (non-hydrogen) atoms. The standard InChI is InChI=1S/C41H53F4N5O9S/c1-6-7-8-9-12-26-21-40(26,36(53)49-60(55,56)39(23-42)16-17-39)48-33(51)30-20-27(58-34-29-14-13-25-11-10-19-57-32(25)28(29)15-18-46-34)22-50(30)35(52)31(24(2)3)47-37(54)59-38(4,5)41(43,44)45/h9,12-15,18,24,26-27,30-31H,6-8,10-11,16-17,19-23H2,1-5H3,(H,47,54)(H,48,51)(H,49,53). The van der Waals surface area contributed by atoms with Crippen LogP contribution >= 0.6 is 0 Å². The van der Waals surface area contributed by atoms with Gasteiger partial charge in [0, 0.05) is 29.3 Å². The Morgan fingerprint density at radius 3 is 2.50 bits per heavy atom. The fraction of sp³-hybridized carbons (Fsp3) is 0.634. The monoisotopic (exact) mass is 867 g/mol. The number of likely N-dealkylation sites (tertiary alicyclic amines) is 1. The van der Waals surface area contributed by atoms with Crippen molar-refractivity contribution in [1.82, 2.24) is 25.2 Å². The Kier molecular flexibility index (Phi) is 12.7. The number of benzene rings is 1. The highest BCUT2D eigenvalue weighted by Crippen LogP contribution is 2.48. The van der Waals surface area contributed by atoms with Crippen LogP contribution in [0.5, 0.6) is 11.6 Å². The molecule has 3 N–H and O–H groups in total. The number of aromatic nitrogens is 1. The van der Waals surface area contributed by atoms with E-state index in [0.717, 1.165) is 41.5 Å². The first kappa shape index (κ1) is 44.9. The molecule has 5 atom stereocenters. The summed E-state index contributed by atoms with van der Waals surface area (Å²) in [5.41, 5.74) is -3.65. The minimum Gasteiger partial charge on any atom is -0.493 e. The molecule has 3 fully saturated rings. The number of hydrogen-bond donors (Lipinski definition) is 3. The summed E-state index contributed by atoms with van der Waals surface area (Å²) in [5, 5.41) is 6.32. The SMILES string of the molecule is CCCCC=CC1CC1(NC(=O)C1CC(Oc2nccc3c4c(ccc23)CCCO4)CN1C(=O)C(NC(=O)OC(C)(C)C(F)(F)F)C(C)C)C(=O)NS(=O)(=O)C1(CF)CC1. The predicted octanol–water partition coefficient (Wildman–Crippen LogP) is 5.57. The van der Waals surface area contributed by atoms with E-state index in [1.165, 1.54) is 6.20 Å². The number of rotatable bonds is 16. The minimum absolute atomic E-state index is 0.00919. The van der Waals surface area contributed by atoms with Crippen molar-refractivity contribution in [2.24, 2.45) is 11.8 Å². The van der Waals surface area contributed by atoms with Gasteiger partial charge in [-0.2, -0.15) is 13.2 Å². The molecule has 0 spiro atoms. The number of hydrogen-bond acceptors (Lipinski definition) is 10. The Balaban J connectivity index is 1.30. The largest absolute Gasteiger partial charge is 0.493 e. The summed E-state index contributed by atoms with van der Waals surface area (Å²) in [6.07, 6.45) is 1.73. The summed E-state index contributed by atoms with van der Waals surface area (Å²) in [6.45, 7) is 5.50. The lowest BCUT2D eigenvalue weighted by Gasteiger charge is -2.32. The second kappa shape index (κ2) is 17.0. The third-order valence-electron chi connectivity index (χ3n) is 11.8. The maximum Gasteiger partial charge on any atom is 0.427 e. The number of nitrogens with zero attached hydrogens (tertiary/aromatic N) is 2. The molecule has 1 aromatic carbocycles. The quantitative estimate of drug-likeness (QED) is 0.110. The second-order valence-corrected chi connectivity index (χ2v) is 19.1. The summed E-state index contributed by atoms with van der Waals surface area (Å²) in [7, 11) is -4.47. The van der Waals surface area contributed by atoms with Crippen molar-refractivity contribution in [3.05, 3.63) is 42.1 Å². The summed E-state index contributed by atoms with van der Waals surface area (Å²) in [4.78, 5) is 61.3. The van der Waals surface area contributed by atoms with E-state index in [0.29, 0.717) is 38.0 Å². The van der Waals surface area contributed by atoms with Crippen LogP contribution in [-0.2, 0) is 35.6 Å². The minimum atomic E-state index is -4.93. The van der Waals surface area contributed by atoms with Gasteiger partial charge in [-0.1, -0.05) is 51.8 Å². The van der Waals surface area contributed by atoms with E-state index in [1.807, 2.05) is 29.9 Å². The van der Waals surface area contributed by atoms with Crippen LogP contribution in [0.2, 0.25) is 0 Å². The summed E-state index contributed by atoms with van der Waals surface area (Å²) < 4.78 is 98.4. The number of allylic oxidation sites excluding steroid dienone is 1. The number of carbonyl (C=O) groups is 4. The molecule has 2 saturated carbocycles. The van der Waals surface area contributed by atoms with Crippen molar-refractivity contribution in [1.29, 1.82) is 0 Å². The molecule has 2 aromatic rings. The highest BCUT2D eigenvalue weighted by atomic mass is 32.2. The molecule has 6 rings (SSSR count). The predicted molar refractivity (Wildman–Crippen MR) is 211 cm³/mol. The number of unbranched alkanes of at least 4 members (excludes halogenated alkanes) is 2. The van der Waals surface area contributed by atoms with Gasteiger partial charge in [-0.15, -0.1) is 0 Å². The molecule has 5 unspecified atom stereocenters. The molecule has 14 nitrogen and oxygen atoms in total. The zero-order chi connectivity index (χ0) is 43.8. The number of alkyl halides is 4. The Hall–Kier alpha value is -4.68. The summed E-state index contributed by atoms with van der Waals surface area (Å²) >= 11 is 0. The third-order valence-corrected chi connectivity index (χ3v) is 14.0. The molecular weight excluding hydrogens is 815 g/mol. The van der Waals surface area contributed by atoms with Crippen LogP contribution < -0.4 is 24.8 Å². The van der Waals surface area contributed by atoms with Gasteiger partial charge in [0.2, 0.25) is 33.3 Å². The fourth-order valence-corrected chi connectivity index (χ4v) is 9.04. The molecule has 19 heteroatoms. The van der Waals surface area contributed by atoms with Gasteiger partial charge < -0.3 is 29.7 Å². The van der Waals surface area contributed by atoms with Crippen molar-refractivity contribution >= 4 is 44.6 Å². The first-order valence-corrected chi connectivity index (χ1v) is 21.9. The molecule has 1 aromatic heterocycles. The van der Waals surface area contributed by atoms with Gasteiger partial charge in [0.1, 0.15) is 40.9 Å². The van der Waals surface area contributed by atoms with Crippen LogP contribution in [-0.4, -0.2) is 102 Å². The number of nitrogens with one attached hydrogen (secondary N) is 3. The van der Waals surface area contributed by atoms with E-state index >= 15 is 0 Å². The molecule has 0 radical (unpaired) electrons. The van der Waals surface area contributed by atoms with Crippen molar-refractivity contribution in [2.45, 2.75) is 133 Å². The molecule has 0 bridgehead atoms. The number of carbonyl (C=O) groups excluding carboxylic acids is 4. The average Bonchev–Trinajstić information content (AvgIpc) is 4.09. The highest BCUT2D eigenvalue weighted by Gasteiger charge is 2.64. The Labute approximate surface area is 346 Å². The van der Waals surface area contributed by atoms with Gasteiger partial charge in [0.25, 0.3) is 5.91 Å². The molecule has 2 aliphatic heterocycles. The number of ether oxygens (including phenoxy) is 3. The number of aryl methyl sites for hydroxylation is 1. The Morgan fingerprint density at radius 1 is 1.12 bits per heavy atom. The molecule has 1 saturated heterocycles. The van der Waals surface area contributed by atoms with E-state index in [9.17, 15) is 45.2 Å². The van der Waals surface area contributed by atoms with Crippen LogP contribution in [0.25, 0.3) is 10.8 Å². The first-order chi connectivity index (χ1) is 28.2. The molecule has 4 amide bonds. The first-order valence-electron chi connectivity index (χ1n) is 20.4. The van der Waals surface area contributed by atoms with Crippen molar-refractivity contribution < 1.29 is 59.4 Å². The molecule has 3 heterocycles. The molecule has 330 valence electrons. The van der Waals surface area contributed by atoms with Gasteiger partial charge in [0.05, 0.1) is 13.2 Å². The maximum absolute atomic E-state index is 14.5. The normalized spacial score (nSPS) is 24.0. The van der Waals surface area contributed by atoms with Gasteiger partial charge in [-0.3, -0.25) is 19.1 Å². The highest BCUT2D eigenvalue weighted by molar-refractivity contribution is 7.91. The van der Waals surface area contributed by atoms with Crippen molar-refractivity contribution in [3.63, 3.8) is 0 Å². The lowest BCUT2D eigenvalue weighted by atomic mass is 10.0.